The molecule has 0 radical (unpaired) electrons. The second kappa shape index (κ2) is 7.94. The molecule has 0 aromatic heterocycles. The maximum absolute atomic E-state index is 12.0. The molecule has 0 aliphatic heterocycles. The van der Waals surface area contributed by atoms with Crippen LogP contribution in [0.15, 0.2) is 30.3 Å². The normalized spacial score (nSPS) is 22.1. The van der Waals surface area contributed by atoms with Crippen molar-refractivity contribution in [1.29, 1.82) is 0 Å². The third-order valence-corrected chi connectivity index (χ3v) is 4.09. The molecule has 3 atom stereocenters. The number of carbonyl (C=O) groups is 2. The fourth-order valence-electron chi connectivity index (χ4n) is 2.80. The van der Waals surface area contributed by atoms with Gasteiger partial charge in [-0.1, -0.05) is 24.6 Å². The Balaban J connectivity index is 1.71. The van der Waals surface area contributed by atoms with Crippen molar-refractivity contribution >= 4 is 11.8 Å². The van der Waals surface area contributed by atoms with Gasteiger partial charge in [0.05, 0.1) is 6.10 Å². The molecule has 0 saturated heterocycles. The molecule has 0 heterocycles. The Labute approximate surface area is 131 Å². The lowest BCUT2D eigenvalue weighted by molar-refractivity contribution is -0.121. The van der Waals surface area contributed by atoms with Gasteiger partial charge in [0.25, 0.3) is 5.91 Å². The highest BCUT2D eigenvalue weighted by Gasteiger charge is 2.25. The Morgan fingerprint density at radius 3 is 2.64 bits per heavy atom. The van der Waals surface area contributed by atoms with Crippen molar-refractivity contribution in [3.63, 3.8) is 0 Å². The first kappa shape index (κ1) is 16.5. The Bertz CT molecular complexity index is 504. The monoisotopic (exact) mass is 304 g/mol. The van der Waals surface area contributed by atoms with E-state index in [2.05, 4.69) is 10.6 Å². The van der Waals surface area contributed by atoms with E-state index in [1.807, 2.05) is 13.0 Å². The van der Waals surface area contributed by atoms with E-state index in [9.17, 15) is 14.7 Å². The van der Waals surface area contributed by atoms with E-state index in [1.165, 1.54) is 0 Å². The van der Waals surface area contributed by atoms with Gasteiger partial charge in [0.2, 0.25) is 5.91 Å². The quantitative estimate of drug-likeness (QED) is 0.745. The minimum absolute atomic E-state index is 0.0973. The van der Waals surface area contributed by atoms with Gasteiger partial charge in [0, 0.05) is 30.5 Å². The van der Waals surface area contributed by atoms with Crippen LogP contribution < -0.4 is 10.6 Å². The van der Waals surface area contributed by atoms with E-state index >= 15 is 0 Å². The molecule has 1 aliphatic carbocycles. The summed E-state index contributed by atoms with van der Waals surface area (Å²) in [5.41, 5.74) is 0.587. The minimum atomic E-state index is -0.296. The molecular formula is C17H24N2O3. The standard InChI is InChI=1S/C17H24N2O3/c1-12(19-17(22)13-6-3-2-4-7-13)10-16(21)18-11-14-8-5-9-15(14)20/h2-4,6-7,12,14-15,20H,5,8-11H2,1H3,(H,18,21)(H,19,22)/t12-,14-,15-/m1/s1. The molecule has 5 nitrogen and oxygen atoms in total. The molecule has 0 spiro atoms. The first-order valence-corrected chi connectivity index (χ1v) is 7.87. The van der Waals surface area contributed by atoms with Crippen LogP contribution in [-0.2, 0) is 4.79 Å². The number of nitrogens with one attached hydrogen (secondary N) is 2. The molecular weight excluding hydrogens is 280 g/mol. The summed E-state index contributed by atoms with van der Waals surface area (Å²) in [4.78, 5) is 23.9. The number of hydrogen-bond donors (Lipinski definition) is 3. The molecule has 1 fully saturated rings. The third-order valence-electron chi connectivity index (χ3n) is 4.09. The number of hydrogen-bond acceptors (Lipinski definition) is 3. The van der Waals surface area contributed by atoms with Crippen molar-refractivity contribution in [3.8, 4) is 0 Å². The van der Waals surface area contributed by atoms with Crippen LogP contribution in [0, 0.1) is 5.92 Å². The lowest BCUT2D eigenvalue weighted by atomic mass is 10.1. The molecule has 0 bridgehead atoms. The van der Waals surface area contributed by atoms with Gasteiger partial charge in [-0.15, -0.1) is 0 Å². The van der Waals surface area contributed by atoms with Crippen molar-refractivity contribution in [1.82, 2.24) is 10.6 Å². The second-order valence-electron chi connectivity index (χ2n) is 6.01. The van der Waals surface area contributed by atoms with Crippen LogP contribution >= 0.6 is 0 Å². The predicted molar refractivity (Wildman–Crippen MR) is 84.3 cm³/mol. The van der Waals surface area contributed by atoms with Gasteiger partial charge in [-0.25, -0.2) is 0 Å². The van der Waals surface area contributed by atoms with Crippen molar-refractivity contribution in [2.45, 2.75) is 44.8 Å². The lowest BCUT2D eigenvalue weighted by Crippen LogP contribution is -2.39. The zero-order valence-electron chi connectivity index (χ0n) is 12.9. The molecule has 1 saturated carbocycles. The van der Waals surface area contributed by atoms with Crippen molar-refractivity contribution in [2.24, 2.45) is 5.92 Å². The second-order valence-corrected chi connectivity index (χ2v) is 6.01. The average Bonchev–Trinajstić information content (AvgIpc) is 2.91. The SMILES string of the molecule is C[C@H](CC(=O)NC[C@H]1CCC[C@H]1O)NC(=O)c1ccccc1. The molecule has 1 aromatic carbocycles. The van der Waals surface area contributed by atoms with Gasteiger partial charge in [0.1, 0.15) is 0 Å². The van der Waals surface area contributed by atoms with E-state index in [1.54, 1.807) is 24.3 Å². The third kappa shape index (κ3) is 4.84. The Morgan fingerprint density at radius 2 is 2.00 bits per heavy atom. The van der Waals surface area contributed by atoms with E-state index in [0.29, 0.717) is 12.1 Å². The average molecular weight is 304 g/mol. The highest BCUT2D eigenvalue weighted by atomic mass is 16.3. The zero-order valence-corrected chi connectivity index (χ0v) is 12.9. The fraction of sp³-hybridized carbons (Fsp3) is 0.529. The minimum Gasteiger partial charge on any atom is -0.393 e. The largest absolute Gasteiger partial charge is 0.393 e. The summed E-state index contributed by atoms with van der Waals surface area (Å²) < 4.78 is 0. The highest BCUT2D eigenvalue weighted by Crippen LogP contribution is 2.24. The number of amides is 2. The Hall–Kier alpha value is -1.88. The van der Waals surface area contributed by atoms with Crippen LogP contribution in [0.25, 0.3) is 0 Å². The van der Waals surface area contributed by atoms with Crippen LogP contribution in [-0.4, -0.2) is 35.6 Å². The van der Waals surface area contributed by atoms with Crippen LogP contribution in [0.5, 0.6) is 0 Å². The van der Waals surface area contributed by atoms with Crippen molar-refractivity contribution in [3.05, 3.63) is 35.9 Å². The maximum Gasteiger partial charge on any atom is 0.251 e. The van der Waals surface area contributed by atoms with Gasteiger partial charge >= 0.3 is 0 Å². The number of rotatable bonds is 6. The summed E-state index contributed by atoms with van der Waals surface area (Å²) in [6, 6.07) is 8.71. The van der Waals surface area contributed by atoms with Crippen molar-refractivity contribution < 1.29 is 14.7 Å². The summed E-state index contributed by atoms with van der Waals surface area (Å²) in [7, 11) is 0. The first-order chi connectivity index (χ1) is 10.6. The molecule has 2 amide bonds. The molecule has 2 rings (SSSR count). The number of aliphatic hydroxyl groups is 1. The molecule has 1 aromatic rings. The summed E-state index contributed by atoms with van der Waals surface area (Å²) in [5.74, 6) is -0.106. The van der Waals surface area contributed by atoms with Crippen LogP contribution in [0.4, 0.5) is 0 Å². The predicted octanol–water partition coefficient (Wildman–Crippen LogP) is 1.47. The molecule has 120 valence electrons. The maximum atomic E-state index is 12.0. The molecule has 5 heteroatoms. The van der Waals surface area contributed by atoms with Crippen LogP contribution in [0.1, 0.15) is 43.0 Å². The van der Waals surface area contributed by atoms with Gasteiger partial charge in [-0.2, -0.15) is 0 Å². The zero-order chi connectivity index (χ0) is 15.9. The lowest BCUT2D eigenvalue weighted by Gasteiger charge is -2.17. The summed E-state index contributed by atoms with van der Waals surface area (Å²) in [6.07, 6.45) is 2.74. The first-order valence-electron chi connectivity index (χ1n) is 7.87. The number of benzene rings is 1. The Morgan fingerprint density at radius 1 is 1.27 bits per heavy atom. The highest BCUT2D eigenvalue weighted by molar-refractivity contribution is 5.94. The van der Waals surface area contributed by atoms with Gasteiger partial charge in [-0.05, 0) is 31.9 Å². The van der Waals surface area contributed by atoms with E-state index in [4.69, 9.17) is 0 Å². The topological polar surface area (TPSA) is 78.4 Å². The summed E-state index contributed by atoms with van der Waals surface area (Å²) >= 11 is 0. The summed E-state index contributed by atoms with van der Waals surface area (Å²) in [5, 5.41) is 15.4. The molecule has 3 N–H and O–H groups in total. The van der Waals surface area contributed by atoms with E-state index in [-0.39, 0.29) is 36.3 Å². The molecule has 22 heavy (non-hydrogen) atoms. The summed E-state index contributed by atoms with van der Waals surface area (Å²) in [6.45, 7) is 2.32. The molecule has 1 aliphatic rings. The van der Waals surface area contributed by atoms with Gasteiger partial charge < -0.3 is 15.7 Å². The van der Waals surface area contributed by atoms with E-state index < -0.39 is 0 Å². The smallest absolute Gasteiger partial charge is 0.251 e. The number of aliphatic hydroxyl groups excluding tert-OH is 1. The van der Waals surface area contributed by atoms with Crippen LogP contribution in [0.2, 0.25) is 0 Å². The number of carbonyl (C=O) groups excluding carboxylic acids is 2. The van der Waals surface area contributed by atoms with Crippen LogP contribution in [0.3, 0.4) is 0 Å². The van der Waals surface area contributed by atoms with Crippen molar-refractivity contribution in [2.75, 3.05) is 6.54 Å². The van der Waals surface area contributed by atoms with E-state index in [0.717, 1.165) is 19.3 Å². The van der Waals surface area contributed by atoms with Gasteiger partial charge in [-0.3, -0.25) is 9.59 Å². The fourth-order valence-corrected chi connectivity index (χ4v) is 2.80. The Kier molecular flexibility index (Phi) is 5.95. The van der Waals surface area contributed by atoms with Gasteiger partial charge in [0.15, 0.2) is 0 Å². The molecule has 0 unspecified atom stereocenters.